The molecule has 0 saturated heterocycles. The Morgan fingerprint density at radius 2 is 1.82 bits per heavy atom. The minimum Gasteiger partial charge on any atom is -0.496 e. The average molecular weight is 364 g/mol. The highest BCUT2D eigenvalue weighted by Gasteiger charge is 2.13. The van der Waals surface area contributed by atoms with Gasteiger partial charge in [0, 0.05) is 6.92 Å². The van der Waals surface area contributed by atoms with Crippen molar-refractivity contribution in [2.75, 3.05) is 12.4 Å². The quantitative estimate of drug-likeness (QED) is 0.665. The molecule has 6 heteroatoms. The zero-order valence-electron chi connectivity index (χ0n) is 12.1. The Morgan fingerprint density at radius 3 is 2.45 bits per heavy atom. The first-order valence-corrected chi connectivity index (χ1v) is 7.23. The number of carbonyl (C=O) groups excluding carboxylic acids is 2. The minimum atomic E-state index is -0.527. The number of nitrogens with one attached hydrogen (secondary N) is 1. The molecule has 0 aliphatic heterocycles. The molecular formula is C16H14BrNO4. The highest BCUT2D eigenvalue weighted by molar-refractivity contribution is 9.10. The normalized spacial score (nSPS) is 9.95. The molecule has 0 spiro atoms. The highest BCUT2D eigenvalue weighted by Crippen LogP contribution is 2.28. The lowest BCUT2D eigenvalue weighted by Crippen LogP contribution is -2.12. The Morgan fingerprint density at radius 1 is 1.09 bits per heavy atom. The van der Waals surface area contributed by atoms with Crippen molar-refractivity contribution in [1.82, 2.24) is 0 Å². The molecule has 2 aromatic rings. The lowest BCUT2D eigenvalue weighted by molar-refractivity contribution is -0.114. The van der Waals surface area contributed by atoms with Crippen LogP contribution >= 0.6 is 15.9 Å². The number of methoxy groups -OCH3 is 1. The zero-order chi connectivity index (χ0) is 16.1. The Balaban J connectivity index is 2.22. The summed E-state index contributed by atoms with van der Waals surface area (Å²) < 4.78 is 11.1. The maximum Gasteiger partial charge on any atom is 0.343 e. The molecule has 0 unspecified atom stereocenters. The summed E-state index contributed by atoms with van der Waals surface area (Å²) in [4.78, 5) is 23.4. The van der Waals surface area contributed by atoms with E-state index >= 15 is 0 Å². The highest BCUT2D eigenvalue weighted by atomic mass is 79.9. The number of benzene rings is 2. The minimum absolute atomic E-state index is 0.240. The van der Waals surface area contributed by atoms with E-state index in [0.29, 0.717) is 21.5 Å². The lowest BCUT2D eigenvalue weighted by Gasteiger charge is -2.11. The molecule has 1 amide bonds. The molecule has 2 aromatic carbocycles. The van der Waals surface area contributed by atoms with Gasteiger partial charge in [-0.2, -0.15) is 0 Å². The fourth-order valence-corrected chi connectivity index (χ4v) is 2.34. The summed E-state index contributed by atoms with van der Waals surface area (Å²) in [5.41, 5.74) is 0.807. The van der Waals surface area contributed by atoms with Crippen LogP contribution in [0.5, 0.6) is 11.5 Å². The molecule has 1 N–H and O–H groups in total. The number of anilines is 1. The molecule has 0 atom stereocenters. The molecule has 0 aliphatic rings. The molecule has 22 heavy (non-hydrogen) atoms. The molecule has 0 radical (unpaired) electrons. The van der Waals surface area contributed by atoms with Crippen molar-refractivity contribution >= 4 is 33.5 Å². The predicted molar refractivity (Wildman–Crippen MR) is 86.4 cm³/mol. The van der Waals surface area contributed by atoms with Crippen molar-refractivity contribution in [1.29, 1.82) is 0 Å². The van der Waals surface area contributed by atoms with E-state index in [1.54, 1.807) is 49.6 Å². The van der Waals surface area contributed by atoms with Crippen LogP contribution in [0.15, 0.2) is 46.9 Å². The van der Waals surface area contributed by atoms with E-state index in [0.717, 1.165) is 0 Å². The van der Waals surface area contributed by atoms with Gasteiger partial charge in [-0.05, 0) is 46.3 Å². The second-order valence-electron chi connectivity index (χ2n) is 4.42. The van der Waals surface area contributed by atoms with Crippen molar-refractivity contribution in [3.8, 4) is 11.5 Å². The van der Waals surface area contributed by atoms with Crippen LogP contribution in [-0.2, 0) is 4.79 Å². The fourth-order valence-electron chi connectivity index (χ4n) is 1.80. The number of halogens is 1. The van der Waals surface area contributed by atoms with Crippen LogP contribution in [0.25, 0.3) is 0 Å². The van der Waals surface area contributed by atoms with Crippen LogP contribution in [0, 0.1) is 0 Å². The third kappa shape index (κ3) is 3.85. The van der Waals surface area contributed by atoms with Gasteiger partial charge in [-0.15, -0.1) is 0 Å². The van der Waals surface area contributed by atoms with Gasteiger partial charge in [-0.3, -0.25) is 4.79 Å². The van der Waals surface area contributed by atoms with Gasteiger partial charge >= 0.3 is 5.97 Å². The molecule has 0 fully saturated rings. The summed E-state index contributed by atoms with van der Waals surface area (Å²) in [6, 6.07) is 11.6. The van der Waals surface area contributed by atoms with Crippen LogP contribution in [0.2, 0.25) is 0 Å². The first-order chi connectivity index (χ1) is 10.5. The van der Waals surface area contributed by atoms with E-state index in [2.05, 4.69) is 21.2 Å². The molecule has 0 saturated carbocycles. The number of esters is 1. The number of para-hydroxylation sites is 2. The molecular weight excluding hydrogens is 350 g/mol. The molecule has 0 aliphatic carbocycles. The fraction of sp³-hybridized carbons (Fsp3) is 0.125. The second-order valence-corrected chi connectivity index (χ2v) is 5.27. The van der Waals surface area contributed by atoms with Gasteiger partial charge in [0.05, 0.1) is 22.8 Å². The Bertz CT molecular complexity index is 715. The molecule has 2 rings (SSSR count). The number of hydrogen-bond acceptors (Lipinski definition) is 4. The molecule has 114 valence electrons. The third-order valence-electron chi connectivity index (χ3n) is 2.79. The van der Waals surface area contributed by atoms with Crippen LogP contribution in [0.4, 0.5) is 5.69 Å². The summed E-state index contributed by atoms with van der Waals surface area (Å²) in [6.45, 7) is 1.39. The van der Waals surface area contributed by atoms with E-state index in [4.69, 9.17) is 9.47 Å². The third-order valence-corrected chi connectivity index (χ3v) is 3.41. The van der Waals surface area contributed by atoms with Crippen molar-refractivity contribution in [2.24, 2.45) is 0 Å². The number of carbonyl (C=O) groups is 2. The summed E-state index contributed by atoms with van der Waals surface area (Å²) in [5, 5.41) is 2.61. The Labute approximate surface area is 136 Å². The number of rotatable bonds is 4. The smallest absolute Gasteiger partial charge is 0.343 e. The predicted octanol–water partition coefficient (Wildman–Crippen LogP) is 3.64. The second kappa shape index (κ2) is 7.09. The summed E-state index contributed by atoms with van der Waals surface area (Å²) in [5.74, 6) is 0.140. The SMILES string of the molecule is COc1ccc(C(=O)Oc2ccccc2NC(C)=O)cc1Br. The number of ether oxygens (including phenoxy) is 2. The maximum atomic E-state index is 12.2. The van der Waals surface area contributed by atoms with E-state index < -0.39 is 5.97 Å². The van der Waals surface area contributed by atoms with Gasteiger partial charge in [0.15, 0.2) is 5.75 Å². The van der Waals surface area contributed by atoms with Crippen molar-refractivity contribution in [3.05, 3.63) is 52.5 Å². The molecule has 0 aromatic heterocycles. The van der Waals surface area contributed by atoms with Gasteiger partial charge in [-0.1, -0.05) is 12.1 Å². The van der Waals surface area contributed by atoms with Crippen LogP contribution < -0.4 is 14.8 Å². The van der Waals surface area contributed by atoms with Gasteiger partial charge < -0.3 is 14.8 Å². The van der Waals surface area contributed by atoms with Gasteiger partial charge in [0.2, 0.25) is 5.91 Å². The van der Waals surface area contributed by atoms with Gasteiger partial charge in [0.1, 0.15) is 5.75 Å². The maximum absolute atomic E-state index is 12.2. The van der Waals surface area contributed by atoms with Gasteiger partial charge in [0.25, 0.3) is 0 Å². The lowest BCUT2D eigenvalue weighted by atomic mass is 10.2. The molecule has 0 heterocycles. The van der Waals surface area contributed by atoms with Crippen LogP contribution in [0.3, 0.4) is 0 Å². The van der Waals surface area contributed by atoms with E-state index in [-0.39, 0.29) is 11.7 Å². The Hall–Kier alpha value is -2.34. The van der Waals surface area contributed by atoms with Crippen molar-refractivity contribution in [3.63, 3.8) is 0 Å². The van der Waals surface area contributed by atoms with E-state index in [1.165, 1.54) is 6.92 Å². The topological polar surface area (TPSA) is 64.6 Å². The number of hydrogen-bond donors (Lipinski definition) is 1. The van der Waals surface area contributed by atoms with Crippen LogP contribution in [-0.4, -0.2) is 19.0 Å². The van der Waals surface area contributed by atoms with Crippen LogP contribution in [0.1, 0.15) is 17.3 Å². The number of amides is 1. The van der Waals surface area contributed by atoms with E-state index in [9.17, 15) is 9.59 Å². The summed E-state index contributed by atoms with van der Waals surface area (Å²) in [6.07, 6.45) is 0. The largest absolute Gasteiger partial charge is 0.496 e. The van der Waals surface area contributed by atoms with Crippen molar-refractivity contribution < 1.29 is 19.1 Å². The van der Waals surface area contributed by atoms with E-state index in [1.807, 2.05) is 0 Å². The van der Waals surface area contributed by atoms with Crippen molar-refractivity contribution in [2.45, 2.75) is 6.92 Å². The molecule has 5 nitrogen and oxygen atoms in total. The first kappa shape index (κ1) is 16.0. The Kier molecular flexibility index (Phi) is 5.16. The average Bonchev–Trinajstić information content (AvgIpc) is 2.48. The monoisotopic (exact) mass is 363 g/mol. The summed E-state index contributed by atoms with van der Waals surface area (Å²) in [7, 11) is 1.54. The molecule has 0 bridgehead atoms. The standard InChI is InChI=1S/C16H14BrNO4/c1-10(19)18-13-5-3-4-6-15(13)22-16(20)11-7-8-14(21-2)12(17)9-11/h3-9H,1-2H3,(H,18,19). The first-order valence-electron chi connectivity index (χ1n) is 6.43. The van der Waals surface area contributed by atoms with Gasteiger partial charge in [-0.25, -0.2) is 4.79 Å². The summed E-state index contributed by atoms with van der Waals surface area (Å²) >= 11 is 3.32. The zero-order valence-corrected chi connectivity index (χ0v) is 13.6.